The van der Waals surface area contributed by atoms with E-state index in [4.69, 9.17) is 11.6 Å². The second kappa shape index (κ2) is 5.68. The standard InChI is InChI=1S/C10H6ClF5N4O3/c1-19-7(23-8(12)13)5(11)6(18-19)20-4(21)2-3(10(14,15)16)17-9(20)22/h2,8H,1H3,(H,17,22). The van der Waals surface area contributed by atoms with Gasteiger partial charge in [0, 0.05) is 13.1 Å². The molecule has 0 bridgehead atoms. The molecule has 0 aliphatic heterocycles. The monoisotopic (exact) mass is 360 g/mol. The van der Waals surface area contributed by atoms with Crippen LogP contribution in [0.1, 0.15) is 5.69 Å². The molecule has 126 valence electrons. The fraction of sp³-hybridized carbons (Fsp3) is 0.300. The molecular formula is C10H6ClF5N4O3. The molecule has 2 rings (SSSR count). The zero-order valence-corrected chi connectivity index (χ0v) is 11.7. The highest BCUT2D eigenvalue weighted by atomic mass is 35.5. The molecule has 0 aliphatic rings. The maximum Gasteiger partial charge on any atom is 0.431 e. The van der Waals surface area contributed by atoms with Gasteiger partial charge in [0.2, 0.25) is 5.88 Å². The van der Waals surface area contributed by atoms with Crippen LogP contribution in [0.3, 0.4) is 0 Å². The smallest absolute Gasteiger partial charge is 0.415 e. The maximum absolute atomic E-state index is 12.5. The molecule has 0 fully saturated rings. The maximum atomic E-state index is 12.5. The van der Waals surface area contributed by atoms with Crippen LogP contribution in [-0.2, 0) is 13.2 Å². The number of aryl methyl sites for hydroxylation is 1. The molecular weight excluding hydrogens is 355 g/mol. The Morgan fingerprint density at radius 3 is 2.43 bits per heavy atom. The van der Waals surface area contributed by atoms with E-state index in [1.807, 2.05) is 0 Å². The van der Waals surface area contributed by atoms with Crippen LogP contribution in [0, 0.1) is 0 Å². The summed E-state index contributed by atoms with van der Waals surface area (Å²) in [6.07, 6.45) is -4.95. The van der Waals surface area contributed by atoms with Crippen LogP contribution in [0.4, 0.5) is 22.0 Å². The van der Waals surface area contributed by atoms with Crippen molar-refractivity contribution in [2.75, 3.05) is 0 Å². The van der Waals surface area contributed by atoms with Gasteiger partial charge in [-0.2, -0.15) is 22.0 Å². The first-order valence-corrected chi connectivity index (χ1v) is 6.01. The molecule has 0 spiro atoms. The number of H-pyrrole nitrogens is 1. The molecule has 0 aliphatic carbocycles. The molecule has 2 aromatic heterocycles. The molecule has 7 nitrogen and oxygen atoms in total. The summed E-state index contributed by atoms with van der Waals surface area (Å²) in [7, 11) is 1.12. The van der Waals surface area contributed by atoms with Crippen LogP contribution in [0.5, 0.6) is 5.88 Å². The van der Waals surface area contributed by atoms with E-state index in [0.29, 0.717) is 4.68 Å². The average Bonchev–Trinajstić information content (AvgIpc) is 2.64. The van der Waals surface area contributed by atoms with Gasteiger partial charge < -0.3 is 9.72 Å². The largest absolute Gasteiger partial charge is 0.431 e. The number of nitrogens with one attached hydrogen (secondary N) is 1. The van der Waals surface area contributed by atoms with Crippen molar-refractivity contribution in [2.45, 2.75) is 12.8 Å². The highest BCUT2D eigenvalue weighted by Crippen LogP contribution is 2.30. The van der Waals surface area contributed by atoms with Crippen molar-refractivity contribution >= 4 is 11.6 Å². The summed E-state index contributed by atoms with van der Waals surface area (Å²) in [5.74, 6) is -1.31. The van der Waals surface area contributed by atoms with Crippen molar-refractivity contribution in [3.8, 4) is 11.7 Å². The van der Waals surface area contributed by atoms with Crippen molar-refractivity contribution in [3.63, 3.8) is 0 Å². The molecule has 0 aromatic carbocycles. The fourth-order valence-corrected chi connectivity index (χ4v) is 1.96. The lowest BCUT2D eigenvalue weighted by Crippen LogP contribution is -2.36. The van der Waals surface area contributed by atoms with E-state index in [1.54, 1.807) is 0 Å². The topological polar surface area (TPSA) is 81.9 Å². The van der Waals surface area contributed by atoms with Crippen LogP contribution >= 0.6 is 11.6 Å². The summed E-state index contributed by atoms with van der Waals surface area (Å²) in [5.41, 5.74) is -4.46. The van der Waals surface area contributed by atoms with Crippen LogP contribution in [-0.4, -0.2) is 25.9 Å². The van der Waals surface area contributed by atoms with Crippen molar-refractivity contribution in [1.82, 2.24) is 19.3 Å². The van der Waals surface area contributed by atoms with E-state index in [-0.39, 0.29) is 10.6 Å². The third-order valence-electron chi connectivity index (χ3n) is 2.57. The number of nitrogens with zero attached hydrogens (tertiary/aromatic N) is 3. The molecule has 23 heavy (non-hydrogen) atoms. The summed E-state index contributed by atoms with van der Waals surface area (Å²) >= 11 is 5.71. The van der Waals surface area contributed by atoms with E-state index in [2.05, 4.69) is 9.84 Å². The summed E-state index contributed by atoms with van der Waals surface area (Å²) in [6, 6.07) is 0.111. The zero-order valence-electron chi connectivity index (χ0n) is 11.0. The SMILES string of the molecule is Cn1nc(-n2c(=O)cc(C(F)(F)F)[nH]c2=O)c(Cl)c1OC(F)F. The van der Waals surface area contributed by atoms with Crippen molar-refractivity contribution in [1.29, 1.82) is 0 Å². The van der Waals surface area contributed by atoms with Gasteiger partial charge in [-0.15, -0.1) is 5.10 Å². The number of hydrogen-bond donors (Lipinski definition) is 1. The van der Waals surface area contributed by atoms with Gasteiger partial charge in [0.05, 0.1) is 0 Å². The van der Waals surface area contributed by atoms with Gasteiger partial charge in [-0.05, 0) is 0 Å². The van der Waals surface area contributed by atoms with Gasteiger partial charge in [0.25, 0.3) is 5.56 Å². The summed E-state index contributed by atoms with van der Waals surface area (Å²) in [6.45, 7) is -3.27. The molecule has 0 unspecified atom stereocenters. The van der Waals surface area contributed by atoms with Gasteiger partial charge in [0.1, 0.15) is 10.7 Å². The predicted molar refractivity (Wildman–Crippen MR) is 66.1 cm³/mol. The molecule has 2 heterocycles. The fourth-order valence-electron chi connectivity index (χ4n) is 1.67. The first-order valence-electron chi connectivity index (χ1n) is 5.63. The molecule has 1 N–H and O–H groups in total. The number of halogens is 6. The molecule has 2 aromatic rings. The molecule has 0 saturated heterocycles. The molecule has 0 saturated carbocycles. The highest BCUT2D eigenvalue weighted by molar-refractivity contribution is 6.33. The second-order valence-corrected chi connectivity index (χ2v) is 4.48. The lowest BCUT2D eigenvalue weighted by molar-refractivity contribution is -0.141. The van der Waals surface area contributed by atoms with E-state index < -0.39 is 46.5 Å². The van der Waals surface area contributed by atoms with Gasteiger partial charge in [-0.1, -0.05) is 11.6 Å². The predicted octanol–water partition coefficient (Wildman–Crippen LogP) is 1.53. The first-order chi connectivity index (χ1) is 10.5. The van der Waals surface area contributed by atoms with Crippen molar-refractivity contribution in [3.05, 3.63) is 37.6 Å². The van der Waals surface area contributed by atoms with Gasteiger partial charge in [0.15, 0.2) is 5.82 Å². The van der Waals surface area contributed by atoms with Crippen LogP contribution in [0.25, 0.3) is 5.82 Å². The Morgan fingerprint density at radius 1 is 1.35 bits per heavy atom. The molecule has 0 radical (unpaired) electrons. The van der Waals surface area contributed by atoms with E-state index in [1.165, 1.54) is 4.98 Å². The average molecular weight is 361 g/mol. The van der Waals surface area contributed by atoms with E-state index >= 15 is 0 Å². The number of ether oxygens (including phenoxy) is 1. The number of rotatable bonds is 3. The van der Waals surface area contributed by atoms with Crippen LogP contribution in [0.15, 0.2) is 15.7 Å². The minimum Gasteiger partial charge on any atom is -0.415 e. The summed E-state index contributed by atoms with van der Waals surface area (Å²) < 4.78 is 66.9. The Balaban J connectivity index is 2.65. The minimum absolute atomic E-state index is 0.111. The Labute approximate surface area is 127 Å². The Bertz CT molecular complexity index is 822. The molecule has 13 heteroatoms. The Kier molecular flexibility index (Phi) is 4.20. The zero-order chi connectivity index (χ0) is 17.5. The van der Waals surface area contributed by atoms with Gasteiger partial charge in [-0.3, -0.25) is 4.79 Å². The summed E-state index contributed by atoms with van der Waals surface area (Å²) in [4.78, 5) is 24.9. The Hall–Kier alpha value is -2.37. The molecule has 0 atom stereocenters. The molecule has 0 amide bonds. The number of aromatic amines is 1. The van der Waals surface area contributed by atoms with Gasteiger partial charge >= 0.3 is 18.5 Å². The van der Waals surface area contributed by atoms with Crippen molar-refractivity contribution < 1.29 is 26.7 Å². The van der Waals surface area contributed by atoms with Crippen molar-refractivity contribution in [2.24, 2.45) is 7.05 Å². The Morgan fingerprint density at radius 2 is 1.96 bits per heavy atom. The third kappa shape index (κ3) is 3.21. The quantitative estimate of drug-likeness (QED) is 0.842. The lowest BCUT2D eigenvalue weighted by atomic mass is 10.4. The lowest BCUT2D eigenvalue weighted by Gasteiger charge is -2.07. The van der Waals surface area contributed by atoms with E-state index in [9.17, 15) is 31.5 Å². The third-order valence-corrected chi connectivity index (χ3v) is 2.90. The number of aromatic nitrogens is 4. The van der Waals surface area contributed by atoms with Gasteiger partial charge in [-0.25, -0.2) is 14.0 Å². The second-order valence-electron chi connectivity index (χ2n) is 4.10. The number of alkyl halides is 5. The van der Waals surface area contributed by atoms with Crippen LogP contribution < -0.4 is 16.0 Å². The van der Waals surface area contributed by atoms with Crippen LogP contribution in [0.2, 0.25) is 5.02 Å². The first kappa shape index (κ1) is 17.0. The summed E-state index contributed by atoms with van der Waals surface area (Å²) in [5, 5.41) is 2.90. The van der Waals surface area contributed by atoms with E-state index in [0.717, 1.165) is 7.05 Å². The highest BCUT2D eigenvalue weighted by Gasteiger charge is 2.33. The minimum atomic E-state index is -4.95. The number of hydrogen-bond acceptors (Lipinski definition) is 4. The normalized spacial score (nSPS) is 12.0.